The zero-order valence-electron chi connectivity index (χ0n) is 10.9. The molecule has 0 amide bonds. The van der Waals surface area contributed by atoms with E-state index in [0.717, 1.165) is 6.20 Å². The molecule has 0 radical (unpaired) electrons. The van der Waals surface area contributed by atoms with E-state index >= 15 is 0 Å². The highest BCUT2D eigenvalue weighted by atomic mass is 35.5. The van der Waals surface area contributed by atoms with Crippen LogP contribution in [-0.2, 0) is 6.42 Å². The summed E-state index contributed by atoms with van der Waals surface area (Å²) in [5.74, 6) is -1.35. The summed E-state index contributed by atoms with van der Waals surface area (Å²) in [6, 6.07) is 5.28. The van der Waals surface area contributed by atoms with E-state index in [-0.39, 0.29) is 23.5 Å². The number of ether oxygens (including phenoxy) is 2. The zero-order valence-corrected chi connectivity index (χ0v) is 11.7. The van der Waals surface area contributed by atoms with Gasteiger partial charge in [0.2, 0.25) is 11.1 Å². The molecule has 0 spiro atoms. The zero-order chi connectivity index (χ0) is 16.2. The van der Waals surface area contributed by atoms with E-state index in [1.54, 1.807) is 0 Å². The van der Waals surface area contributed by atoms with Gasteiger partial charge in [0, 0.05) is 6.42 Å². The Bertz CT molecular complexity index is 635. The van der Waals surface area contributed by atoms with E-state index in [1.807, 2.05) is 0 Å². The summed E-state index contributed by atoms with van der Waals surface area (Å²) in [5.41, 5.74) is 0.690. The minimum absolute atomic E-state index is 0.0732. The Morgan fingerprint density at radius 3 is 2.45 bits per heavy atom. The Hall–Kier alpha value is -2.09. The second-order valence-corrected chi connectivity index (χ2v) is 4.42. The first-order chi connectivity index (χ1) is 10.3. The standard InChI is InChI=1S/C13H9ClF4N2O2/c14-12-19-7-10(15)11(20-12)21-6-5-8-1-3-9(4-2-8)22-13(16,17)18/h1-4,7H,5-6H2. The van der Waals surface area contributed by atoms with Gasteiger partial charge in [0.1, 0.15) is 5.75 Å². The minimum atomic E-state index is -4.73. The summed E-state index contributed by atoms with van der Waals surface area (Å²) >= 11 is 5.51. The minimum Gasteiger partial charge on any atom is -0.475 e. The molecule has 9 heteroatoms. The van der Waals surface area contributed by atoms with E-state index in [1.165, 1.54) is 24.3 Å². The molecule has 0 atom stereocenters. The highest BCUT2D eigenvalue weighted by Crippen LogP contribution is 2.23. The van der Waals surface area contributed by atoms with Gasteiger partial charge >= 0.3 is 6.36 Å². The number of halogens is 5. The fourth-order valence-electron chi connectivity index (χ4n) is 1.56. The number of aromatic nitrogens is 2. The predicted molar refractivity (Wildman–Crippen MR) is 69.3 cm³/mol. The van der Waals surface area contributed by atoms with Gasteiger partial charge in [0.15, 0.2) is 0 Å². The highest BCUT2D eigenvalue weighted by molar-refractivity contribution is 6.28. The van der Waals surface area contributed by atoms with Crippen LogP contribution in [0.3, 0.4) is 0 Å². The molecule has 4 nitrogen and oxygen atoms in total. The van der Waals surface area contributed by atoms with Gasteiger partial charge in [-0.25, -0.2) is 4.98 Å². The molecule has 2 aromatic rings. The summed E-state index contributed by atoms with van der Waals surface area (Å²) in [6.45, 7) is 0.0732. The Labute approximate surface area is 127 Å². The van der Waals surface area contributed by atoms with Crippen molar-refractivity contribution in [3.8, 4) is 11.6 Å². The molecule has 0 aliphatic carbocycles. The van der Waals surface area contributed by atoms with E-state index in [0.29, 0.717) is 12.0 Å². The lowest BCUT2D eigenvalue weighted by atomic mass is 10.1. The number of hydrogen-bond donors (Lipinski definition) is 0. The summed E-state index contributed by atoms with van der Waals surface area (Å²) < 4.78 is 58.1. The Balaban J connectivity index is 1.88. The third kappa shape index (κ3) is 5.03. The average molecular weight is 337 g/mol. The van der Waals surface area contributed by atoms with Crippen LogP contribution in [0.4, 0.5) is 17.6 Å². The number of nitrogens with zero attached hydrogens (tertiary/aromatic N) is 2. The van der Waals surface area contributed by atoms with Gasteiger partial charge < -0.3 is 9.47 Å². The molecule has 0 N–H and O–H groups in total. The maximum absolute atomic E-state index is 13.3. The van der Waals surface area contributed by atoms with Crippen molar-refractivity contribution < 1.29 is 27.0 Å². The molecule has 22 heavy (non-hydrogen) atoms. The van der Waals surface area contributed by atoms with Gasteiger partial charge in [-0.1, -0.05) is 12.1 Å². The van der Waals surface area contributed by atoms with Crippen LogP contribution in [0.1, 0.15) is 5.56 Å². The molecule has 0 fully saturated rings. The van der Waals surface area contributed by atoms with E-state index in [2.05, 4.69) is 14.7 Å². The van der Waals surface area contributed by atoms with E-state index in [4.69, 9.17) is 16.3 Å². The Morgan fingerprint density at radius 1 is 1.14 bits per heavy atom. The van der Waals surface area contributed by atoms with Crippen molar-refractivity contribution in [2.75, 3.05) is 6.61 Å². The van der Waals surface area contributed by atoms with E-state index in [9.17, 15) is 17.6 Å². The largest absolute Gasteiger partial charge is 0.573 e. The van der Waals surface area contributed by atoms with Crippen molar-refractivity contribution in [1.82, 2.24) is 9.97 Å². The summed E-state index contributed by atoms with van der Waals surface area (Å²) in [6.07, 6.45) is -3.50. The van der Waals surface area contributed by atoms with Crippen LogP contribution in [0, 0.1) is 5.82 Å². The molecule has 1 aromatic heterocycles. The number of alkyl halides is 3. The van der Waals surface area contributed by atoms with Gasteiger partial charge in [-0.05, 0) is 29.3 Å². The van der Waals surface area contributed by atoms with Crippen molar-refractivity contribution in [3.63, 3.8) is 0 Å². The first-order valence-corrected chi connectivity index (χ1v) is 6.37. The summed E-state index contributed by atoms with van der Waals surface area (Å²) in [4.78, 5) is 7.01. The molecule has 118 valence electrons. The van der Waals surface area contributed by atoms with Gasteiger partial charge in [-0.3, -0.25) is 0 Å². The molecule has 1 heterocycles. The summed E-state index contributed by atoms with van der Waals surface area (Å²) in [7, 11) is 0. The van der Waals surface area contributed by atoms with Crippen LogP contribution in [0.2, 0.25) is 5.28 Å². The predicted octanol–water partition coefficient (Wildman–Crippen LogP) is 3.79. The van der Waals surface area contributed by atoms with Crippen LogP contribution in [0.25, 0.3) is 0 Å². The van der Waals surface area contributed by atoms with Crippen LogP contribution < -0.4 is 9.47 Å². The van der Waals surface area contributed by atoms with Gasteiger partial charge in [0.25, 0.3) is 5.88 Å². The molecule has 0 saturated carbocycles. The highest BCUT2D eigenvalue weighted by Gasteiger charge is 2.30. The number of benzene rings is 1. The topological polar surface area (TPSA) is 44.2 Å². The SMILES string of the molecule is Fc1cnc(Cl)nc1OCCc1ccc(OC(F)(F)F)cc1. The lowest BCUT2D eigenvalue weighted by Gasteiger charge is -2.09. The lowest BCUT2D eigenvalue weighted by Crippen LogP contribution is -2.17. The first-order valence-electron chi connectivity index (χ1n) is 5.99. The average Bonchev–Trinajstić information content (AvgIpc) is 2.43. The third-order valence-electron chi connectivity index (χ3n) is 2.47. The van der Waals surface area contributed by atoms with Crippen molar-refractivity contribution >= 4 is 11.6 Å². The van der Waals surface area contributed by atoms with Crippen LogP contribution in [0.5, 0.6) is 11.6 Å². The van der Waals surface area contributed by atoms with Gasteiger partial charge in [-0.15, -0.1) is 13.2 Å². The fourth-order valence-corrected chi connectivity index (χ4v) is 1.68. The molecule has 0 saturated heterocycles. The van der Waals surface area contributed by atoms with Crippen molar-refractivity contribution in [2.24, 2.45) is 0 Å². The number of hydrogen-bond acceptors (Lipinski definition) is 4. The van der Waals surface area contributed by atoms with E-state index < -0.39 is 12.2 Å². The fraction of sp³-hybridized carbons (Fsp3) is 0.231. The van der Waals surface area contributed by atoms with Gasteiger partial charge in [-0.2, -0.15) is 9.37 Å². The summed E-state index contributed by atoms with van der Waals surface area (Å²) in [5, 5.41) is -0.148. The molecule has 0 aliphatic heterocycles. The maximum Gasteiger partial charge on any atom is 0.573 e. The van der Waals surface area contributed by atoms with Gasteiger partial charge in [0.05, 0.1) is 12.8 Å². The molecular formula is C13H9ClF4N2O2. The smallest absolute Gasteiger partial charge is 0.475 e. The molecule has 0 bridgehead atoms. The molecule has 0 aliphatic rings. The first kappa shape index (κ1) is 16.3. The Morgan fingerprint density at radius 2 is 1.82 bits per heavy atom. The molecular weight excluding hydrogens is 328 g/mol. The Kier molecular flexibility index (Phi) is 5.02. The van der Waals surface area contributed by atoms with Crippen molar-refractivity contribution in [1.29, 1.82) is 0 Å². The van der Waals surface area contributed by atoms with Crippen molar-refractivity contribution in [2.45, 2.75) is 12.8 Å². The van der Waals surface area contributed by atoms with Crippen LogP contribution in [0.15, 0.2) is 30.5 Å². The molecule has 2 rings (SSSR count). The normalized spacial score (nSPS) is 11.3. The van der Waals surface area contributed by atoms with Crippen LogP contribution in [-0.4, -0.2) is 22.9 Å². The third-order valence-corrected chi connectivity index (χ3v) is 2.65. The maximum atomic E-state index is 13.3. The lowest BCUT2D eigenvalue weighted by molar-refractivity contribution is -0.274. The second-order valence-electron chi connectivity index (χ2n) is 4.08. The van der Waals surface area contributed by atoms with Crippen LogP contribution >= 0.6 is 11.6 Å². The molecule has 0 unspecified atom stereocenters. The quantitative estimate of drug-likeness (QED) is 0.615. The number of rotatable bonds is 5. The van der Waals surface area contributed by atoms with Crippen molar-refractivity contribution in [3.05, 3.63) is 47.1 Å². The monoisotopic (exact) mass is 336 g/mol. The second kappa shape index (κ2) is 6.78. The molecule has 1 aromatic carbocycles.